The molecule has 1 aliphatic rings. The molecule has 1 saturated heterocycles. The summed E-state index contributed by atoms with van der Waals surface area (Å²) in [5.41, 5.74) is 2.90. The van der Waals surface area contributed by atoms with E-state index in [0.29, 0.717) is 0 Å². The fourth-order valence-corrected chi connectivity index (χ4v) is 3.59. The average molecular weight is 304 g/mol. The minimum atomic E-state index is -0.182. The van der Waals surface area contributed by atoms with Crippen LogP contribution in [0.3, 0.4) is 0 Å². The summed E-state index contributed by atoms with van der Waals surface area (Å²) in [6, 6.07) is 18.0. The number of rotatable bonds is 4. The quantitative estimate of drug-likeness (QED) is 0.734. The van der Waals surface area contributed by atoms with Gasteiger partial charge in [-0.1, -0.05) is 48.5 Å². The summed E-state index contributed by atoms with van der Waals surface area (Å²) in [6.07, 6.45) is 4.20. The van der Waals surface area contributed by atoms with Crippen LogP contribution in [0, 0.1) is 0 Å². The first-order valence-electron chi connectivity index (χ1n) is 8.24. The Morgan fingerprint density at radius 3 is 2.43 bits per heavy atom. The van der Waals surface area contributed by atoms with Crippen LogP contribution in [0.5, 0.6) is 0 Å². The molecule has 0 spiro atoms. The average Bonchev–Trinajstić information content (AvgIpc) is 3.25. The van der Waals surface area contributed by atoms with Gasteiger partial charge in [0.1, 0.15) is 0 Å². The summed E-state index contributed by atoms with van der Waals surface area (Å²) in [7, 11) is 0. The predicted octanol–water partition coefficient (Wildman–Crippen LogP) is 4.19. The number of likely N-dealkylation sites (tertiary alicyclic amines) is 1. The summed E-state index contributed by atoms with van der Waals surface area (Å²) < 4.78 is 0. The van der Waals surface area contributed by atoms with E-state index in [1.807, 2.05) is 48.7 Å². The van der Waals surface area contributed by atoms with Gasteiger partial charge in [0.05, 0.1) is 6.04 Å². The standard InChI is InChI=1S/C20H20N2O/c23-20(17-14-21-18-11-5-4-10-16(17)18)19(22-12-6-7-13-22)15-8-2-1-3-9-15/h1-5,8-11,14,19,21H,6-7,12-13H2/t19-/m0/s1. The summed E-state index contributed by atoms with van der Waals surface area (Å²) in [4.78, 5) is 18.9. The second-order valence-corrected chi connectivity index (χ2v) is 6.17. The van der Waals surface area contributed by atoms with Gasteiger partial charge < -0.3 is 4.98 Å². The normalized spacial score (nSPS) is 16.7. The molecule has 1 N–H and O–H groups in total. The van der Waals surface area contributed by atoms with E-state index in [0.717, 1.165) is 35.1 Å². The zero-order chi connectivity index (χ0) is 15.6. The number of hydrogen-bond acceptors (Lipinski definition) is 2. The van der Waals surface area contributed by atoms with Crippen LogP contribution in [0.4, 0.5) is 0 Å². The van der Waals surface area contributed by atoms with Crippen molar-refractivity contribution in [3.8, 4) is 0 Å². The molecule has 0 radical (unpaired) electrons. The summed E-state index contributed by atoms with van der Waals surface area (Å²) in [5, 5.41) is 1.01. The van der Waals surface area contributed by atoms with Crippen molar-refractivity contribution in [3.63, 3.8) is 0 Å². The second-order valence-electron chi connectivity index (χ2n) is 6.17. The molecule has 0 unspecified atom stereocenters. The highest BCUT2D eigenvalue weighted by molar-refractivity contribution is 6.10. The molecule has 1 aliphatic heterocycles. The topological polar surface area (TPSA) is 36.1 Å². The smallest absolute Gasteiger partial charge is 0.186 e. The van der Waals surface area contributed by atoms with E-state index < -0.39 is 0 Å². The van der Waals surface area contributed by atoms with Gasteiger partial charge >= 0.3 is 0 Å². The van der Waals surface area contributed by atoms with Crippen molar-refractivity contribution in [2.45, 2.75) is 18.9 Å². The molecule has 2 heterocycles. The molecular formula is C20H20N2O. The van der Waals surface area contributed by atoms with Crippen molar-refractivity contribution in [1.82, 2.24) is 9.88 Å². The maximum Gasteiger partial charge on any atom is 0.186 e. The molecule has 2 aromatic carbocycles. The van der Waals surface area contributed by atoms with Crippen LogP contribution in [0.1, 0.15) is 34.8 Å². The van der Waals surface area contributed by atoms with E-state index in [1.54, 1.807) is 0 Å². The minimum Gasteiger partial charge on any atom is -0.360 e. The Morgan fingerprint density at radius 1 is 0.957 bits per heavy atom. The molecule has 23 heavy (non-hydrogen) atoms. The molecule has 3 nitrogen and oxygen atoms in total. The molecule has 1 fully saturated rings. The van der Waals surface area contributed by atoms with Crippen LogP contribution in [0.2, 0.25) is 0 Å². The molecule has 3 aromatic rings. The molecule has 116 valence electrons. The van der Waals surface area contributed by atoms with Gasteiger partial charge in [-0.25, -0.2) is 0 Å². The highest BCUT2D eigenvalue weighted by Crippen LogP contribution is 2.31. The third-order valence-corrected chi connectivity index (χ3v) is 4.72. The van der Waals surface area contributed by atoms with E-state index in [9.17, 15) is 4.79 Å². The van der Waals surface area contributed by atoms with E-state index in [4.69, 9.17) is 0 Å². The molecule has 1 aromatic heterocycles. The molecule has 1 atom stereocenters. The zero-order valence-electron chi connectivity index (χ0n) is 13.0. The Bertz CT molecular complexity index is 816. The first-order chi connectivity index (χ1) is 11.3. The molecule has 0 bridgehead atoms. The maximum absolute atomic E-state index is 13.3. The molecule has 3 heteroatoms. The molecule has 0 amide bonds. The lowest BCUT2D eigenvalue weighted by atomic mass is 9.96. The number of para-hydroxylation sites is 1. The van der Waals surface area contributed by atoms with E-state index in [2.05, 4.69) is 22.0 Å². The van der Waals surface area contributed by atoms with Gasteiger partial charge in [-0.3, -0.25) is 9.69 Å². The lowest BCUT2D eigenvalue weighted by Crippen LogP contribution is -2.31. The van der Waals surface area contributed by atoms with Crippen molar-refractivity contribution >= 4 is 16.7 Å². The number of Topliss-reactive ketones (excluding diaryl/α,β-unsaturated/α-hetero) is 1. The third kappa shape index (κ3) is 2.57. The second kappa shape index (κ2) is 6.01. The predicted molar refractivity (Wildman–Crippen MR) is 92.6 cm³/mol. The molecule has 0 aliphatic carbocycles. The molecule has 0 saturated carbocycles. The number of ketones is 1. The SMILES string of the molecule is O=C(c1c[nH]c2ccccc12)[C@H](c1ccccc1)N1CCCC1. The Morgan fingerprint density at radius 2 is 1.65 bits per heavy atom. The van der Waals surface area contributed by atoms with Crippen LogP contribution in [-0.2, 0) is 0 Å². The molecular weight excluding hydrogens is 284 g/mol. The Hall–Kier alpha value is -2.39. The third-order valence-electron chi connectivity index (χ3n) is 4.72. The van der Waals surface area contributed by atoms with E-state index >= 15 is 0 Å². The van der Waals surface area contributed by atoms with E-state index in [1.165, 1.54) is 12.8 Å². The number of nitrogens with zero attached hydrogens (tertiary/aromatic N) is 1. The maximum atomic E-state index is 13.3. The van der Waals surface area contributed by atoms with Crippen molar-refractivity contribution < 1.29 is 4.79 Å². The number of fused-ring (bicyclic) bond motifs is 1. The van der Waals surface area contributed by atoms with Crippen LogP contribution in [0.15, 0.2) is 60.8 Å². The number of benzene rings is 2. The number of hydrogen-bond donors (Lipinski definition) is 1. The Labute approximate surface area is 135 Å². The summed E-state index contributed by atoms with van der Waals surface area (Å²) in [5.74, 6) is 0.190. The number of nitrogens with one attached hydrogen (secondary N) is 1. The van der Waals surface area contributed by atoms with Gasteiger partial charge in [0.25, 0.3) is 0 Å². The summed E-state index contributed by atoms with van der Waals surface area (Å²) in [6.45, 7) is 1.99. The van der Waals surface area contributed by atoms with Gasteiger partial charge in [-0.05, 0) is 37.6 Å². The first-order valence-corrected chi connectivity index (χ1v) is 8.24. The van der Waals surface area contributed by atoms with Crippen LogP contribution in [-0.4, -0.2) is 28.8 Å². The van der Waals surface area contributed by atoms with Crippen LogP contribution < -0.4 is 0 Å². The van der Waals surface area contributed by atoms with Crippen LogP contribution >= 0.6 is 0 Å². The lowest BCUT2D eigenvalue weighted by molar-refractivity contribution is 0.0850. The van der Waals surface area contributed by atoms with Crippen molar-refractivity contribution in [3.05, 3.63) is 71.9 Å². The minimum absolute atomic E-state index is 0.182. The fraction of sp³-hybridized carbons (Fsp3) is 0.250. The largest absolute Gasteiger partial charge is 0.360 e. The Balaban J connectivity index is 1.78. The monoisotopic (exact) mass is 304 g/mol. The van der Waals surface area contributed by atoms with Gasteiger partial charge in [-0.2, -0.15) is 0 Å². The summed E-state index contributed by atoms with van der Waals surface area (Å²) >= 11 is 0. The van der Waals surface area contributed by atoms with Gasteiger partial charge in [0.2, 0.25) is 0 Å². The van der Waals surface area contributed by atoms with Gasteiger partial charge in [-0.15, -0.1) is 0 Å². The lowest BCUT2D eigenvalue weighted by Gasteiger charge is -2.26. The first kappa shape index (κ1) is 14.2. The van der Waals surface area contributed by atoms with Crippen molar-refractivity contribution in [2.75, 3.05) is 13.1 Å². The number of carbonyl (C=O) groups excluding carboxylic acids is 1. The van der Waals surface area contributed by atoms with Crippen LogP contribution in [0.25, 0.3) is 10.9 Å². The zero-order valence-corrected chi connectivity index (χ0v) is 13.0. The number of aromatic amines is 1. The van der Waals surface area contributed by atoms with Crippen molar-refractivity contribution in [2.24, 2.45) is 0 Å². The van der Waals surface area contributed by atoms with E-state index in [-0.39, 0.29) is 11.8 Å². The number of H-pyrrole nitrogens is 1. The van der Waals surface area contributed by atoms with Gasteiger partial charge in [0, 0.05) is 22.7 Å². The fourth-order valence-electron chi connectivity index (χ4n) is 3.59. The Kier molecular flexibility index (Phi) is 3.72. The number of aromatic nitrogens is 1. The van der Waals surface area contributed by atoms with Gasteiger partial charge in [0.15, 0.2) is 5.78 Å². The highest BCUT2D eigenvalue weighted by atomic mass is 16.1. The molecule has 4 rings (SSSR count). The van der Waals surface area contributed by atoms with Crippen molar-refractivity contribution in [1.29, 1.82) is 0 Å². The highest BCUT2D eigenvalue weighted by Gasteiger charge is 2.31. The number of carbonyl (C=O) groups is 1.